The molecule has 8 nitrogen and oxygen atoms in total. The summed E-state index contributed by atoms with van der Waals surface area (Å²) in [4.78, 5) is 26.3. The lowest BCUT2D eigenvalue weighted by molar-refractivity contribution is -0.118. The van der Waals surface area contributed by atoms with Gasteiger partial charge in [-0.2, -0.15) is 0 Å². The Morgan fingerprint density at radius 3 is 2.68 bits per heavy atom. The summed E-state index contributed by atoms with van der Waals surface area (Å²) in [5, 5.41) is 10.8. The van der Waals surface area contributed by atoms with Gasteiger partial charge in [-0.15, -0.1) is 10.2 Å². The van der Waals surface area contributed by atoms with Gasteiger partial charge in [0.2, 0.25) is 6.41 Å². The van der Waals surface area contributed by atoms with Crippen molar-refractivity contribution in [1.82, 2.24) is 20.4 Å². The highest BCUT2D eigenvalue weighted by Crippen LogP contribution is 2.12. The average molecular weight is 307 g/mol. The molecule has 1 aromatic rings. The maximum absolute atomic E-state index is 11.9. The molecule has 1 aliphatic rings. The minimum Gasteiger partial charge on any atom is -0.385 e. The van der Waals surface area contributed by atoms with Gasteiger partial charge in [0.05, 0.1) is 0 Å². The molecule has 2 amide bonds. The summed E-state index contributed by atoms with van der Waals surface area (Å²) < 4.78 is 4.92. The van der Waals surface area contributed by atoms with Crippen molar-refractivity contribution < 1.29 is 14.3 Å². The van der Waals surface area contributed by atoms with E-state index in [1.165, 1.54) is 0 Å². The molecule has 8 heteroatoms. The molecule has 0 unspecified atom stereocenters. The molecule has 22 heavy (non-hydrogen) atoms. The average Bonchev–Trinajstić information content (AvgIpc) is 2.59. The summed E-state index contributed by atoms with van der Waals surface area (Å²) in [5.74, 6) is 0.488. The van der Waals surface area contributed by atoms with Crippen molar-refractivity contribution in [2.45, 2.75) is 6.42 Å². The van der Waals surface area contributed by atoms with Crippen molar-refractivity contribution in [3.8, 4) is 0 Å². The third-order valence-electron chi connectivity index (χ3n) is 3.48. The van der Waals surface area contributed by atoms with Crippen LogP contribution in [0.5, 0.6) is 0 Å². The fraction of sp³-hybridized carbons (Fsp3) is 0.571. The van der Waals surface area contributed by atoms with Gasteiger partial charge < -0.3 is 19.9 Å². The van der Waals surface area contributed by atoms with Crippen LogP contribution in [0.4, 0.5) is 5.82 Å². The van der Waals surface area contributed by atoms with Gasteiger partial charge >= 0.3 is 0 Å². The van der Waals surface area contributed by atoms with Crippen molar-refractivity contribution in [1.29, 1.82) is 0 Å². The number of hydrogen-bond acceptors (Lipinski definition) is 6. The summed E-state index contributed by atoms with van der Waals surface area (Å²) in [6.45, 7) is 3.94. The number of amides is 2. The molecule has 1 aliphatic heterocycles. The maximum Gasteiger partial charge on any atom is 0.271 e. The number of rotatable bonds is 7. The lowest BCUT2D eigenvalue weighted by atomic mass is 10.3. The second-order valence-electron chi connectivity index (χ2n) is 5.01. The first-order chi connectivity index (χ1) is 10.7. The fourth-order valence-corrected chi connectivity index (χ4v) is 2.18. The van der Waals surface area contributed by atoms with Crippen LogP contribution in [-0.4, -0.2) is 73.9 Å². The molecule has 0 bridgehead atoms. The van der Waals surface area contributed by atoms with E-state index >= 15 is 0 Å². The SMILES string of the molecule is COCCCNC(=O)c1ccc(N2CCN(C=O)CC2)nn1. The van der Waals surface area contributed by atoms with E-state index < -0.39 is 0 Å². The van der Waals surface area contributed by atoms with E-state index in [0.717, 1.165) is 31.7 Å². The molecule has 1 N–H and O–H groups in total. The molecule has 0 radical (unpaired) electrons. The van der Waals surface area contributed by atoms with Crippen LogP contribution in [0.15, 0.2) is 12.1 Å². The third kappa shape index (κ3) is 4.39. The lowest BCUT2D eigenvalue weighted by Gasteiger charge is -2.32. The molecule has 1 fully saturated rings. The second-order valence-corrected chi connectivity index (χ2v) is 5.01. The van der Waals surface area contributed by atoms with Gasteiger partial charge in [-0.05, 0) is 18.6 Å². The smallest absolute Gasteiger partial charge is 0.271 e. The zero-order valence-corrected chi connectivity index (χ0v) is 12.7. The van der Waals surface area contributed by atoms with Gasteiger partial charge in [0, 0.05) is 46.4 Å². The molecule has 0 aliphatic carbocycles. The standard InChI is InChI=1S/C14H21N5O3/c1-22-10-2-5-15-14(21)12-3-4-13(17-16-12)19-8-6-18(11-20)7-9-19/h3-4,11H,2,5-10H2,1H3,(H,15,21). The van der Waals surface area contributed by atoms with Gasteiger partial charge in [-0.3, -0.25) is 9.59 Å². The van der Waals surface area contributed by atoms with Crippen molar-refractivity contribution in [3.05, 3.63) is 17.8 Å². The highest BCUT2D eigenvalue weighted by atomic mass is 16.5. The number of anilines is 1. The predicted molar refractivity (Wildman–Crippen MR) is 80.7 cm³/mol. The maximum atomic E-state index is 11.9. The Labute approximate surface area is 129 Å². The molecule has 0 atom stereocenters. The Kier molecular flexibility index (Phi) is 6.08. The normalized spacial score (nSPS) is 14.8. The van der Waals surface area contributed by atoms with Gasteiger partial charge in [0.1, 0.15) is 0 Å². The van der Waals surface area contributed by atoms with Crippen LogP contribution in [0.2, 0.25) is 0 Å². The summed E-state index contributed by atoms with van der Waals surface area (Å²) in [7, 11) is 1.63. The van der Waals surface area contributed by atoms with E-state index in [-0.39, 0.29) is 5.91 Å². The Morgan fingerprint density at radius 1 is 1.32 bits per heavy atom. The van der Waals surface area contributed by atoms with Crippen LogP contribution in [0.1, 0.15) is 16.9 Å². The first kappa shape index (κ1) is 16.2. The Hall–Kier alpha value is -2.22. The zero-order chi connectivity index (χ0) is 15.8. The van der Waals surface area contributed by atoms with Gasteiger partial charge in [0.15, 0.2) is 11.5 Å². The number of hydrogen-bond donors (Lipinski definition) is 1. The van der Waals surface area contributed by atoms with E-state index in [2.05, 4.69) is 15.5 Å². The summed E-state index contributed by atoms with van der Waals surface area (Å²) in [6.07, 6.45) is 1.62. The Bertz CT molecular complexity index is 486. The number of methoxy groups -OCH3 is 1. The van der Waals surface area contributed by atoms with Crippen molar-refractivity contribution >= 4 is 18.1 Å². The summed E-state index contributed by atoms with van der Waals surface area (Å²) >= 11 is 0. The van der Waals surface area contributed by atoms with E-state index in [0.29, 0.717) is 31.9 Å². The lowest BCUT2D eigenvalue weighted by Crippen LogP contribution is -2.46. The first-order valence-corrected chi connectivity index (χ1v) is 7.29. The largest absolute Gasteiger partial charge is 0.385 e. The molecule has 120 valence electrons. The highest BCUT2D eigenvalue weighted by molar-refractivity contribution is 5.92. The highest BCUT2D eigenvalue weighted by Gasteiger charge is 2.17. The van der Waals surface area contributed by atoms with Crippen LogP contribution in [0, 0.1) is 0 Å². The van der Waals surface area contributed by atoms with Crippen molar-refractivity contribution in [3.63, 3.8) is 0 Å². The minimum absolute atomic E-state index is 0.235. The quantitative estimate of drug-likeness (QED) is 0.541. The zero-order valence-electron chi connectivity index (χ0n) is 12.7. The molecule has 1 saturated heterocycles. The first-order valence-electron chi connectivity index (χ1n) is 7.29. The van der Waals surface area contributed by atoms with Crippen molar-refractivity contribution in [2.24, 2.45) is 0 Å². The Morgan fingerprint density at radius 2 is 2.09 bits per heavy atom. The minimum atomic E-state index is -0.235. The van der Waals surface area contributed by atoms with Gasteiger partial charge in [-0.25, -0.2) is 0 Å². The van der Waals surface area contributed by atoms with E-state index in [1.807, 2.05) is 4.90 Å². The monoisotopic (exact) mass is 307 g/mol. The number of aromatic nitrogens is 2. The third-order valence-corrected chi connectivity index (χ3v) is 3.48. The summed E-state index contributed by atoms with van der Waals surface area (Å²) in [6, 6.07) is 3.45. The van der Waals surface area contributed by atoms with Crippen LogP contribution < -0.4 is 10.2 Å². The number of nitrogens with one attached hydrogen (secondary N) is 1. The molecule has 2 heterocycles. The molecule has 2 rings (SSSR count). The number of nitrogens with zero attached hydrogens (tertiary/aromatic N) is 4. The fourth-order valence-electron chi connectivity index (χ4n) is 2.18. The topological polar surface area (TPSA) is 87.7 Å². The second kappa shape index (κ2) is 8.28. The van der Waals surface area contributed by atoms with Crippen LogP contribution in [0.3, 0.4) is 0 Å². The molecular formula is C14H21N5O3. The molecule has 1 aromatic heterocycles. The molecular weight excluding hydrogens is 286 g/mol. The number of piperazine rings is 1. The number of ether oxygens (including phenoxy) is 1. The molecule has 0 saturated carbocycles. The summed E-state index contributed by atoms with van der Waals surface area (Å²) in [5.41, 5.74) is 0.299. The molecule has 0 aromatic carbocycles. The molecule has 0 spiro atoms. The Balaban J connectivity index is 1.85. The number of carbonyl (C=O) groups is 2. The van der Waals surface area contributed by atoms with Gasteiger partial charge in [0.25, 0.3) is 5.91 Å². The van der Waals surface area contributed by atoms with E-state index in [1.54, 1.807) is 24.1 Å². The van der Waals surface area contributed by atoms with E-state index in [9.17, 15) is 9.59 Å². The van der Waals surface area contributed by atoms with Crippen LogP contribution >= 0.6 is 0 Å². The van der Waals surface area contributed by atoms with Gasteiger partial charge in [-0.1, -0.05) is 0 Å². The predicted octanol–water partition coefficient (Wildman–Crippen LogP) is -0.479. The van der Waals surface area contributed by atoms with Crippen LogP contribution in [0.25, 0.3) is 0 Å². The van der Waals surface area contributed by atoms with Crippen LogP contribution in [-0.2, 0) is 9.53 Å². The van der Waals surface area contributed by atoms with Crippen molar-refractivity contribution in [2.75, 3.05) is 51.3 Å². The number of carbonyl (C=O) groups excluding carboxylic acids is 2. The van der Waals surface area contributed by atoms with E-state index in [4.69, 9.17) is 4.74 Å².